The van der Waals surface area contributed by atoms with Gasteiger partial charge in [-0.1, -0.05) is 0 Å². The zero-order valence-electron chi connectivity index (χ0n) is 11.0. The number of thiol groups is 1. The van der Waals surface area contributed by atoms with Crippen LogP contribution in [0.5, 0.6) is 0 Å². The van der Waals surface area contributed by atoms with E-state index in [9.17, 15) is 0 Å². The standard InChI is InChI=1S/C12H30N4S/c13-5-3-8-14-6-1-2-7-15-9-4-10-16-11-12-17/h14-17H,1-13H2. The minimum atomic E-state index is 0.788. The van der Waals surface area contributed by atoms with Crippen LogP contribution in [-0.4, -0.2) is 51.6 Å². The van der Waals surface area contributed by atoms with Gasteiger partial charge in [-0.25, -0.2) is 0 Å². The Balaban J connectivity index is 2.85. The monoisotopic (exact) mass is 262 g/mol. The highest BCUT2D eigenvalue weighted by Crippen LogP contribution is 1.85. The number of hydrogen-bond donors (Lipinski definition) is 5. The van der Waals surface area contributed by atoms with Gasteiger partial charge in [0.1, 0.15) is 0 Å². The normalized spacial score (nSPS) is 10.9. The van der Waals surface area contributed by atoms with Crippen LogP contribution in [0.25, 0.3) is 0 Å². The van der Waals surface area contributed by atoms with Crippen molar-refractivity contribution < 1.29 is 0 Å². The van der Waals surface area contributed by atoms with Gasteiger partial charge in [-0.05, 0) is 65.0 Å². The molecule has 5 heteroatoms. The van der Waals surface area contributed by atoms with E-state index in [0.717, 1.165) is 58.0 Å². The summed E-state index contributed by atoms with van der Waals surface area (Å²) in [6, 6.07) is 0. The first-order valence-corrected chi connectivity index (χ1v) is 7.48. The fourth-order valence-corrected chi connectivity index (χ4v) is 1.68. The molecule has 17 heavy (non-hydrogen) atoms. The Morgan fingerprint density at radius 3 is 1.65 bits per heavy atom. The average Bonchev–Trinajstić information content (AvgIpc) is 2.35. The summed E-state index contributed by atoms with van der Waals surface area (Å²) in [6.45, 7) is 7.30. The maximum absolute atomic E-state index is 5.41. The van der Waals surface area contributed by atoms with Gasteiger partial charge in [0.05, 0.1) is 0 Å². The van der Waals surface area contributed by atoms with Crippen molar-refractivity contribution in [2.24, 2.45) is 5.73 Å². The molecule has 0 saturated carbocycles. The van der Waals surface area contributed by atoms with Crippen LogP contribution < -0.4 is 21.7 Å². The van der Waals surface area contributed by atoms with Crippen LogP contribution in [-0.2, 0) is 0 Å². The highest BCUT2D eigenvalue weighted by molar-refractivity contribution is 7.80. The van der Waals surface area contributed by atoms with Crippen LogP contribution in [0.2, 0.25) is 0 Å². The summed E-state index contributed by atoms with van der Waals surface area (Å²) in [7, 11) is 0. The first-order chi connectivity index (χ1) is 8.41. The topological polar surface area (TPSA) is 62.1 Å². The first-order valence-electron chi connectivity index (χ1n) is 6.85. The molecule has 0 heterocycles. The molecule has 0 radical (unpaired) electrons. The summed E-state index contributed by atoms with van der Waals surface area (Å²) >= 11 is 4.14. The third-order valence-electron chi connectivity index (χ3n) is 2.51. The van der Waals surface area contributed by atoms with E-state index in [1.54, 1.807) is 0 Å². The lowest BCUT2D eigenvalue weighted by Crippen LogP contribution is -2.24. The summed E-state index contributed by atoms with van der Waals surface area (Å²) in [6.07, 6.45) is 4.77. The Labute approximate surface area is 112 Å². The second-order valence-corrected chi connectivity index (χ2v) is 4.62. The molecular formula is C12H30N4S. The Kier molecular flexibility index (Phi) is 16.4. The lowest BCUT2D eigenvalue weighted by atomic mass is 10.3. The molecule has 0 aromatic rings. The average molecular weight is 262 g/mol. The zero-order chi connectivity index (χ0) is 12.6. The van der Waals surface area contributed by atoms with Gasteiger partial charge in [0.2, 0.25) is 0 Å². The van der Waals surface area contributed by atoms with E-state index >= 15 is 0 Å². The van der Waals surface area contributed by atoms with Crippen molar-refractivity contribution in [2.75, 3.05) is 51.6 Å². The first kappa shape index (κ1) is 17.2. The molecule has 5 N–H and O–H groups in total. The molecule has 104 valence electrons. The predicted octanol–water partition coefficient (Wildman–Crippen LogP) is 0.204. The number of nitrogens with two attached hydrogens (primary N) is 1. The third-order valence-corrected chi connectivity index (χ3v) is 2.73. The minimum absolute atomic E-state index is 0.788. The van der Waals surface area contributed by atoms with Crippen LogP contribution in [0, 0.1) is 0 Å². The van der Waals surface area contributed by atoms with Crippen LogP contribution in [0.4, 0.5) is 0 Å². The lowest BCUT2D eigenvalue weighted by molar-refractivity contribution is 0.560. The molecular weight excluding hydrogens is 232 g/mol. The molecule has 0 aromatic heterocycles. The fourth-order valence-electron chi connectivity index (χ4n) is 1.52. The number of hydrogen-bond acceptors (Lipinski definition) is 5. The molecule has 0 unspecified atom stereocenters. The van der Waals surface area contributed by atoms with Crippen LogP contribution in [0.15, 0.2) is 0 Å². The molecule has 0 aliphatic rings. The lowest BCUT2D eigenvalue weighted by Gasteiger charge is -2.06. The highest BCUT2D eigenvalue weighted by atomic mass is 32.1. The molecule has 0 bridgehead atoms. The molecule has 0 atom stereocenters. The summed E-state index contributed by atoms with van der Waals surface area (Å²) in [5.41, 5.74) is 5.41. The Morgan fingerprint density at radius 2 is 1.12 bits per heavy atom. The summed E-state index contributed by atoms with van der Waals surface area (Å²) in [5, 5.41) is 10.2. The minimum Gasteiger partial charge on any atom is -0.330 e. The molecule has 0 fully saturated rings. The van der Waals surface area contributed by atoms with E-state index in [1.807, 2.05) is 0 Å². The van der Waals surface area contributed by atoms with E-state index in [2.05, 4.69) is 28.6 Å². The maximum atomic E-state index is 5.41. The van der Waals surface area contributed by atoms with E-state index in [4.69, 9.17) is 5.73 Å². The van der Waals surface area contributed by atoms with E-state index in [0.29, 0.717) is 0 Å². The number of nitrogens with one attached hydrogen (secondary N) is 3. The smallest absolute Gasteiger partial charge is 0.00397 e. The van der Waals surface area contributed by atoms with E-state index < -0.39 is 0 Å². The molecule has 0 aliphatic carbocycles. The van der Waals surface area contributed by atoms with Crippen LogP contribution in [0.3, 0.4) is 0 Å². The van der Waals surface area contributed by atoms with Crippen molar-refractivity contribution in [3.8, 4) is 0 Å². The van der Waals surface area contributed by atoms with E-state index in [1.165, 1.54) is 19.3 Å². The largest absolute Gasteiger partial charge is 0.330 e. The van der Waals surface area contributed by atoms with Crippen molar-refractivity contribution in [1.82, 2.24) is 16.0 Å². The zero-order valence-corrected chi connectivity index (χ0v) is 11.9. The predicted molar refractivity (Wildman–Crippen MR) is 80.0 cm³/mol. The molecule has 0 aromatic carbocycles. The highest BCUT2D eigenvalue weighted by Gasteiger charge is 1.90. The number of rotatable bonds is 14. The second-order valence-electron chi connectivity index (χ2n) is 4.18. The van der Waals surface area contributed by atoms with Crippen molar-refractivity contribution in [1.29, 1.82) is 0 Å². The molecule has 0 rings (SSSR count). The number of unbranched alkanes of at least 4 members (excludes halogenated alkanes) is 1. The Hall–Kier alpha value is 0.190. The van der Waals surface area contributed by atoms with Gasteiger partial charge in [0, 0.05) is 12.3 Å². The molecule has 0 saturated heterocycles. The maximum Gasteiger partial charge on any atom is 0.00397 e. The van der Waals surface area contributed by atoms with Gasteiger partial charge < -0.3 is 21.7 Å². The van der Waals surface area contributed by atoms with Crippen molar-refractivity contribution in [2.45, 2.75) is 25.7 Å². The van der Waals surface area contributed by atoms with Gasteiger partial charge >= 0.3 is 0 Å². The molecule has 0 aliphatic heterocycles. The van der Waals surface area contributed by atoms with Gasteiger partial charge in [-0.15, -0.1) is 0 Å². The second kappa shape index (κ2) is 16.2. The van der Waals surface area contributed by atoms with Gasteiger partial charge in [-0.2, -0.15) is 12.6 Å². The van der Waals surface area contributed by atoms with Crippen LogP contribution >= 0.6 is 12.6 Å². The van der Waals surface area contributed by atoms with Crippen molar-refractivity contribution in [3.63, 3.8) is 0 Å². The quantitative estimate of drug-likeness (QED) is 0.229. The molecule has 0 amide bonds. The fraction of sp³-hybridized carbons (Fsp3) is 1.00. The van der Waals surface area contributed by atoms with E-state index in [-0.39, 0.29) is 0 Å². The van der Waals surface area contributed by atoms with Crippen LogP contribution in [0.1, 0.15) is 25.7 Å². The summed E-state index contributed by atoms with van der Waals surface area (Å²) in [4.78, 5) is 0. The molecule has 0 spiro atoms. The summed E-state index contributed by atoms with van der Waals surface area (Å²) < 4.78 is 0. The van der Waals surface area contributed by atoms with Gasteiger partial charge in [0.25, 0.3) is 0 Å². The third kappa shape index (κ3) is 16.2. The van der Waals surface area contributed by atoms with Gasteiger partial charge in [0.15, 0.2) is 0 Å². The molecule has 4 nitrogen and oxygen atoms in total. The van der Waals surface area contributed by atoms with Crippen molar-refractivity contribution in [3.05, 3.63) is 0 Å². The SMILES string of the molecule is NCCCNCCCCNCCCNCCS. The Morgan fingerprint density at radius 1 is 0.647 bits per heavy atom. The van der Waals surface area contributed by atoms with Gasteiger partial charge in [-0.3, -0.25) is 0 Å². The summed E-state index contributed by atoms with van der Waals surface area (Å²) in [5.74, 6) is 0.921. The Bertz CT molecular complexity index is 122. The van der Waals surface area contributed by atoms with Crippen molar-refractivity contribution >= 4 is 12.6 Å².